The maximum absolute atomic E-state index is 10.5. The van der Waals surface area contributed by atoms with Gasteiger partial charge >= 0.3 is 5.97 Å². The molecule has 0 bridgehead atoms. The minimum atomic E-state index is -0.714. The molecule has 0 unspecified atom stereocenters. The van der Waals surface area contributed by atoms with Gasteiger partial charge < -0.3 is 9.84 Å². The van der Waals surface area contributed by atoms with Crippen molar-refractivity contribution in [1.29, 1.82) is 0 Å². The zero-order chi connectivity index (χ0) is 13.0. The van der Waals surface area contributed by atoms with Gasteiger partial charge in [-0.2, -0.15) is 0 Å². The van der Waals surface area contributed by atoms with Gasteiger partial charge in [0.1, 0.15) is 5.75 Å². The van der Waals surface area contributed by atoms with Crippen molar-refractivity contribution in [3.05, 3.63) is 29.3 Å². The van der Waals surface area contributed by atoms with Crippen LogP contribution in [0.3, 0.4) is 0 Å². The van der Waals surface area contributed by atoms with Gasteiger partial charge in [-0.05, 0) is 36.6 Å². The predicted octanol–water partition coefficient (Wildman–Crippen LogP) is 1.92. The largest absolute Gasteiger partial charge is 0.496 e. The van der Waals surface area contributed by atoms with E-state index in [0.29, 0.717) is 6.42 Å². The molecule has 0 radical (unpaired) electrons. The number of carbonyl (C=O) groups is 1. The molecule has 4 nitrogen and oxygen atoms in total. The van der Waals surface area contributed by atoms with Crippen molar-refractivity contribution >= 4 is 5.97 Å². The van der Waals surface area contributed by atoms with Gasteiger partial charge in [-0.3, -0.25) is 9.69 Å². The molecule has 1 N–H and O–H groups in total. The number of aliphatic carboxylic acids is 1. The van der Waals surface area contributed by atoms with Crippen molar-refractivity contribution in [2.45, 2.75) is 25.8 Å². The first kappa shape index (κ1) is 12.9. The third-order valence-corrected chi connectivity index (χ3v) is 3.39. The molecule has 1 aliphatic rings. The van der Waals surface area contributed by atoms with Gasteiger partial charge in [-0.1, -0.05) is 12.1 Å². The lowest BCUT2D eigenvalue weighted by Crippen LogP contribution is -2.31. The number of methoxy groups -OCH3 is 1. The Bertz CT molecular complexity index is 431. The topological polar surface area (TPSA) is 49.8 Å². The van der Waals surface area contributed by atoms with Crippen molar-refractivity contribution in [3.8, 4) is 5.75 Å². The number of hydrogen-bond acceptors (Lipinski definition) is 3. The summed E-state index contributed by atoms with van der Waals surface area (Å²) in [6.45, 7) is 2.72. The maximum Gasteiger partial charge on any atom is 0.303 e. The Morgan fingerprint density at radius 2 is 2.33 bits per heavy atom. The summed E-state index contributed by atoms with van der Waals surface area (Å²) in [5, 5.41) is 8.63. The van der Waals surface area contributed by atoms with E-state index >= 15 is 0 Å². The van der Waals surface area contributed by atoms with E-state index in [1.807, 2.05) is 12.1 Å². The summed E-state index contributed by atoms with van der Waals surface area (Å²) in [6.07, 6.45) is 1.95. The first-order chi connectivity index (χ1) is 8.70. The Morgan fingerprint density at radius 1 is 1.50 bits per heavy atom. The average Bonchev–Trinajstić information content (AvgIpc) is 2.37. The lowest BCUT2D eigenvalue weighted by molar-refractivity contribution is -0.137. The van der Waals surface area contributed by atoms with E-state index < -0.39 is 5.97 Å². The first-order valence-electron chi connectivity index (χ1n) is 6.29. The van der Waals surface area contributed by atoms with Crippen LogP contribution in [0.5, 0.6) is 5.75 Å². The molecule has 0 spiro atoms. The lowest BCUT2D eigenvalue weighted by atomic mass is 9.98. The minimum Gasteiger partial charge on any atom is -0.496 e. The Hall–Kier alpha value is -1.55. The highest BCUT2D eigenvalue weighted by molar-refractivity contribution is 5.66. The van der Waals surface area contributed by atoms with Crippen LogP contribution >= 0.6 is 0 Å². The van der Waals surface area contributed by atoms with Crippen LogP contribution in [-0.4, -0.2) is 36.2 Å². The number of hydrogen-bond donors (Lipinski definition) is 1. The molecule has 0 atom stereocenters. The van der Waals surface area contributed by atoms with Gasteiger partial charge in [0.25, 0.3) is 0 Å². The number of fused-ring (bicyclic) bond motifs is 1. The van der Waals surface area contributed by atoms with E-state index in [2.05, 4.69) is 11.0 Å². The quantitative estimate of drug-likeness (QED) is 0.866. The Morgan fingerprint density at radius 3 is 3.06 bits per heavy atom. The van der Waals surface area contributed by atoms with Crippen LogP contribution in [-0.2, 0) is 17.8 Å². The van der Waals surface area contributed by atoms with Crippen molar-refractivity contribution in [3.63, 3.8) is 0 Å². The number of carboxylic acids is 1. The number of ether oxygens (including phenoxy) is 1. The molecule has 0 saturated carbocycles. The molecule has 4 heteroatoms. The van der Waals surface area contributed by atoms with Crippen molar-refractivity contribution in [2.24, 2.45) is 0 Å². The molecule has 98 valence electrons. The van der Waals surface area contributed by atoms with Crippen molar-refractivity contribution in [2.75, 3.05) is 20.2 Å². The zero-order valence-electron chi connectivity index (χ0n) is 10.7. The van der Waals surface area contributed by atoms with E-state index in [9.17, 15) is 4.79 Å². The zero-order valence-corrected chi connectivity index (χ0v) is 10.7. The molecule has 0 fully saturated rings. The Balaban J connectivity index is 1.95. The van der Waals surface area contributed by atoms with Gasteiger partial charge in [0.2, 0.25) is 0 Å². The highest BCUT2D eigenvalue weighted by Crippen LogP contribution is 2.27. The van der Waals surface area contributed by atoms with E-state index in [0.717, 1.165) is 31.8 Å². The lowest BCUT2D eigenvalue weighted by Gasteiger charge is -2.29. The molecular weight excluding hydrogens is 230 g/mol. The summed E-state index contributed by atoms with van der Waals surface area (Å²) in [4.78, 5) is 12.8. The molecule has 0 amide bonds. The maximum atomic E-state index is 10.5. The first-order valence-corrected chi connectivity index (χ1v) is 6.29. The summed E-state index contributed by atoms with van der Waals surface area (Å²) in [6, 6.07) is 6.14. The average molecular weight is 249 g/mol. The molecule has 0 aliphatic carbocycles. The molecule has 2 rings (SSSR count). The minimum absolute atomic E-state index is 0.251. The SMILES string of the molecule is COc1cccc2c1CCN(CCCC(=O)O)C2. The Kier molecular flexibility index (Phi) is 4.20. The summed E-state index contributed by atoms with van der Waals surface area (Å²) in [7, 11) is 1.70. The van der Waals surface area contributed by atoms with Gasteiger partial charge in [0.15, 0.2) is 0 Å². The highest BCUT2D eigenvalue weighted by Gasteiger charge is 2.18. The van der Waals surface area contributed by atoms with E-state index in [-0.39, 0.29) is 6.42 Å². The fourth-order valence-electron chi connectivity index (χ4n) is 2.47. The van der Waals surface area contributed by atoms with Crippen LogP contribution in [0.4, 0.5) is 0 Å². The van der Waals surface area contributed by atoms with Crippen LogP contribution in [0.1, 0.15) is 24.0 Å². The molecular formula is C14H19NO3. The normalized spacial score (nSPS) is 15.2. The van der Waals surface area contributed by atoms with Crippen molar-refractivity contribution < 1.29 is 14.6 Å². The number of rotatable bonds is 5. The van der Waals surface area contributed by atoms with E-state index in [4.69, 9.17) is 9.84 Å². The van der Waals surface area contributed by atoms with Crippen molar-refractivity contribution in [1.82, 2.24) is 4.90 Å². The second-order valence-corrected chi connectivity index (χ2v) is 4.62. The molecule has 0 saturated heterocycles. The summed E-state index contributed by atoms with van der Waals surface area (Å²) in [5.41, 5.74) is 2.60. The molecule has 1 aromatic rings. The third-order valence-electron chi connectivity index (χ3n) is 3.39. The monoisotopic (exact) mass is 249 g/mol. The van der Waals surface area contributed by atoms with Gasteiger partial charge in [-0.25, -0.2) is 0 Å². The van der Waals surface area contributed by atoms with Crippen LogP contribution in [0.25, 0.3) is 0 Å². The van der Waals surface area contributed by atoms with E-state index in [1.165, 1.54) is 11.1 Å². The van der Waals surface area contributed by atoms with Gasteiger partial charge in [0.05, 0.1) is 7.11 Å². The molecule has 0 aromatic heterocycles. The molecule has 1 aliphatic heterocycles. The number of benzene rings is 1. The van der Waals surface area contributed by atoms with Crippen LogP contribution in [0, 0.1) is 0 Å². The Labute approximate surface area is 107 Å². The number of nitrogens with zero attached hydrogens (tertiary/aromatic N) is 1. The fourth-order valence-corrected chi connectivity index (χ4v) is 2.47. The van der Waals surface area contributed by atoms with Gasteiger partial charge in [-0.15, -0.1) is 0 Å². The van der Waals surface area contributed by atoms with E-state index in [1.54, 1.807) is 7.11 Å². The summed E-state index contributed by atoms with van der Waals surface area (Å²) >= 11 is 0. The van der Waals surface area contributed by atoms with Crippen LogP contribution < -0.4 is 4.74 Å². The standard InChI is InChI=1S/C14H19NO3/c1-18-13-5-2-4-11-10-15(9-7-12(11)13)8-3-6-14(16)17/h2,4-5H,3,6-10H2,1H3,(H,16,17). The predicted molar refractivity (Wildman–Crippen MR) is 68.8 cm³/mol. The van der Waals surface area contributed by atoms with Crippen LogP contribution in [0.15, 0.2) is 18.2 Å². The highest BCUT2D eigenvalue weighted by atomic mass is 16.5. The van der Waals surface area contributed by atoms with Crippen LogP contribution in [0.2, 0.25) is 0 Å². The molecule has 1 aromatic carbocycles. The second kappa shape index (κ2) is 5.87. The summed E-state index contributed by atoms with van der Waals surface area (Å²) < 4.78 is 5.36. The second-order valence-electron chi connectivity index (χ2n) is 4.62. The fraction of sp³-hybridized carbons (Fsp3) is 0.500. The van der Waals surface area contributed by atoms with Gasteiger partial charge in [0, 0.05) is 19.5 Å². The summed E-state index contributed by atoms with van der Waals surface area (Å²) in [5.74, 6) is 0.256. The smallest absolute Gasteiger partial charge is 0.303 e. The third kappa shape index (κ3) is 3.01. The molecule has 1 heterocycles. The molecule has 18 heavy (non-hydrogen) atoms. The number of carboxylic acid groups (broad SMARTS) is 1.